The quantitative estimate of drug-likeness (QED) is 0.0315. The second-order valence-electron chi connectivity index (χ2n) is 16.1. The number of unbranched alkanes of at least 4 members (excludes halogenated alkanes) is 30. The molecule has 4 atom stereocenters. The number of rotatable bonds is 42. The molecule has 0 aromatic rings. The molecule has 0 spiro atoms. The van der Waals surface area contributed by atoms with E-state index >= 15 is 0 Å². The molecule has 1 amide bonds. The predicted octanol–water partition coefficient (Wildman–Crippen LogP) is 12.4. The highest BCUT2D eigenvalue weighted by atomic mass is 16.3. The van der Waals surface area contributed by atoms with E-state index in [1.54, 1.807) is 6.08 Å². The van der Waals surface area contributed by atoms with Crippen LogP contribution in [0.15, 0.2) is 24.3 Å². The first-order chi connectivity index (χ1) is 26.0. The number of hydrogen-bond acceptors (Lipinski definition) is 5. The van der Waals surface area contributed by atoms with Crippen LogP contribution in [0.3, 0.4) is 0 Å². The minimum Gasteiger partial charge on any atom is -0.394 e. The molecule has 5 N–H and O–H groups in total. The van der Waals surface area contributed by atoms with Gasteiger partial charge in [0.15, 0.2) is 0 Å². The van der Waals surface area contributed by atoms with Crippen molar-refractivity contribution >= 4 is 5.91 Å². The highest BCUT2D eigenvalue weighted by molar-refractivity contribution is 5.81. The molecular formula is C47H91NO5. The first-order valence-electron chi connectivity index (χ1n) is 23.2. The Morgan fingerprint density at radius 3 is 1.25 bits per heavy atom. The van der Waals surface area contributed by atoms with Gasteiger partial charge in [-0.05, 0) is 25.7 Å². The summed E-state index contributed by atoms with van der Waals surface area (Å²) in [6.45, 7) is 4.02. The summed E-state index contributed by atoms with van der Waals surface area (Å²) >= 11 is 0. The van der Waals surface area contributed by atoms with Crippen molar-refractivity contribution in [2.75, 3.05) is 6.61 Å². The van der Waals surface area contributed by atoms with Gasteiger partial charge in [-0.25, -0.2) is 0 Å². The van der Waals surface area contributed by atoms with Crippen molar-refractivity contribution in [3.63, 3.8) is 0 Å². The molecule has 0 aromatic heterocycles. The smallest absolute Gasteiger partial charge is 0.249 e. The van der Waals surface area contributed by atoms with Gasteiger partial charge in [-0.2, -0.15) is 0 Å². The molecule has 0 aromatic carbocycles. The fourth-order valence-corrected chi connectivity index (χ4v) is 7.21. The monoisotopic (exact) mass is 750 g/mol. The van der Waals surface area contributed by atoms with Crippen LogP contribution in [0.25, 0.3) is 0 Å². The van der Waals surface area contributed by atoms with E-state index in [1.165, 1.54) is 180 Å². The lowest BCUT2D eigenvalue weighted by Gasteiger charge is -2.27. The zero-order valence-corrected chi connectivity index (χ0v) is 35.3. The first kappa shape index (κ1) is 51.8. The summed E-state index contributed by atoms with van der Waals surface area (Å²) in [6.07, 6.45) is 48.2. The van der Waals surface area contributed by atoms with Gasteiger partial charge >= 0.3 is 0 Å². The van der Waals surface area contributed by atoms with Gasteiger partial charge in [0.25, 0.3) is 0 Å². The molecule has 0 saturated heterocycles. The van der Waals surface area contributed by atoms with E-state index in [4.69, 9.17) is 0 Å². The molecule has 6 nitrogen and oxygen atoms in total. The van der Waals surface area contributed by atoms with Crippen molar-refractivity contribution in [1.29, 1.82) is 0 Å². The molecule has 4 unspecified atom stereocenters. The second kappa shape index (κ2) is 41.9. The summed E-state index contributed by atoms with van der Waals surface area (Å²) in [4.78, 5) is 12.4. The van der Waals surface area contributed by atoms with Crippen LogP contribution in [0, 0.1) is 0 Å². The molecule has 6 heteroatoms. The van der Waals surface area contributed by atoms with Crippen LogP contribution in [0.1, 0.15) is 239 Å². The van der Waals surface area contributed by atoms with Crippen molar-refractivity contribution < 1.29 is 25.2 Å². The fraction of sp³-hybridized carbons (Fsp3) is 0.894. The summed E-state index contributed by atoms with van der Waals surface area (Å²) < 4.78 is 0. The molecule has 0 heterocycles. The van der Waals surface area contributed by atoms with E-state index in [1.807, 2.05) is 6.08 Å². The molecular weight excluding hydrogens is 659 g/mol. The van der Waals surface area contributed by atoms with Crippen LogP contribution in [0.2, 0.25) is 0 Å². The highest BCUT2D eigenvalue weighted by Crippen LogP contribution is 2.17. The molecule has 0 aliphatic carbocycles. The summed E-state index contributed by atoms with van der Waals surface area (Å²) in [6, 6.07) is -1.01. The Hall–Kier alpha value is -1.21. The highest BCUT2D eigenvalue weighted by Gasteiger charge is 2.28. The molecule has 0 aliphatic rings. The van der Waals surface area contributed by atoms with Crippen LogP contribution in [-0.2, 0) is 4.79 Å². The molecule has 0 saturated carbocycles. The van der Waals surface area contributed by atoms with E-state index in [2.05, 4.69) is 31.3 Å². The summed E-state index contributed by atoms with van der Waals surface area (Å²) in [5.41, 5.74) is 0. The Morgan fingerprint density at radius 2 is 0.849 bits per heavy atom. The van der Waals surface area contributed by atoms with E-state index in [0.717, 1.165) is 32.1 Å². The summed E-state index contributed by atoms with van der Waals surface area (Å²) in [5.74, 6) is -0.649. The Labute approximate surface area is 329 Å². The zero-order chi connectivity index (χ0) is 38.9. The third-order valence-corrected chi connectivity index (χ3v) is 10.9. The number of aliphatic hydroxyl groups excluding tert-OH is 4. The predicted molar refractivity (Wildman–Crippen MR) is 228 cm³/mol. The molecule has 0 rings (SSSR count). The number of carbonyl (C=O) groups is 1. The average molecular weight is 750 g/mol. The Balaban J connectivity index is 3.67. The Kier molecular flexibility index (Phi) is 41.0. The van der Waals surface area contributed by atoms with Crippen LogP contribution >= 0.6 is 0 Å². The lowest BCUT2D eigenvalue weighted by molar-refractivity contribution is -0.132. The van der Waals surface area contributed by atoms with Crippen molar-refractivity contribution in [2.45, 2.75) is 263 Å². The van der Waals surface area contributed by atoms with Gasteiger partial charge in [-0.1, -0.05) is 231 Å². The molecule has 53 heavy (non-hydrogen) atoms. The number of amides is 1. The van der Waals surface area contributed by atoms with Gasteiger partial charge in [0.1, 0.15) is 12.2 Å². The van der Waals surface area contributed by atoms with Crippen molar-refractivity contribution in [2.24, 2.45) is 0 Å². The molecule has 0 bridgehead atoms. The minimum absolute atomic E-state index is 0.160. The number of nitrogens with one attached hydrogen (secondary N) is 1. The molecule has 0 aliphatic heterocycles. The van der Waals surface area contributed by atoms with Gasteiger partial charge in [0, 0.05) is 6.42 Å². The third-order valence-electron chi connectivity index (χ3n) is 10.9. The largest absolute Gasteiger partial charge is 0.394 e. The molecule has 0 radical (unpaired) electrons. The number of carbonyl (C=O) groups excluding carboxylic acids is 1. The van der Waals surface area contributed by atoms with E-state index in [9.17, 15) is 25.2 Å². The topological polar surface area (TPSA) is 110 Å². The van der Waals surface area contributed by atoms with Gasteiger partial charge < -0.3 is 25.7 Å². The van der Waals surface area contributed by atoms with Crippen molar-refractivity contribution in [3.05, 3.63) is 24.3 Å². The van der Waals surface area contributed by atoms with Crippen LogP contribution in [-0.4, -0.2) is 57.3 Å². The van der Waals surface area contributed by atoms with Crippen molar-refractivity contribution in [3.8, 4) is 0 Å². The van der Waals surface area contributed by atoms with Gasteiger partial charge in [0.2, 0.25) is 5.91 Å². The van der Waals surface area contributed by atoms with Gasteiger partial charge in [-0.15, -0.1) is 0 Å². The van der Waals surface area contributed by atoms with E-state index < -0.39 is 36.9 Å². The molecule has 314 valence electrons. The van der Waals surface area contributed by atoms with E-state index in [0.29, 0.717) is 6.42 Å². The average Bonchev–Trinajstić information content (AvgIpc) is 3.16. The van der Waals surface area contributed by atoms with Gasteiger partial charge in [-0.3, -0.25) is 4.79 Å². The maximum absolute atomic E-state index is 12.4. The third kappa shape index (κ3) is 36.2. The van der Waals surface area contributed by atoms with Crippen LogP contribution < -0.4 is 5.32 Å². The summed E-state index contributed by atoms with van der Waals surface area (Å²) in [7, 11) is 0. The lowest BCUT2D eigenvalue weighted by Crippen LogP contribution is -2.53. The van der Waals surface area contributed by atoms with Crippen molar-refractivity contribution in [1.82, 2.24) is 5.32 Å². The Bertz CT molecular complexity index is 802. The van der Waals surface area contributed by atoms with Gasteiger partial charge in [0.05, 0.1) is 18.8 Å². The SMILES string of the molecule is CCCCCCCC/C=C\C/C=C\CC(O)C(=O)NC(CO)C(O)C(O)CCCCCCCCCCCCCCCCCCCCCCCCCCC. The summed E-state index contributed by atoms with van der Waals surface area (Å²) in [5, 5.41) is 43.5. The number of hydrogen-bond donors (Lipinski definition) is 5. The van der Waals surface area contributed by atoms with Crippen LogP contribution in [0.5, 0.6) is 0 Å². The minimum atomic E-state index is -1.28. The number of allylic oxidation sites excluding steroid dienone is 3. The fourth-order valence-electron chi connectivity index (χ4n) is 7.21. The van der Waals surface area contributed by atoms with E-state index in [-0.39, 0.29) is 6.42 Å². The molecule has 0 fully saturated rings. The maximum Gasteiger partial charge on any atom is 0.249 e. The zero-order valence-electron chi connectivity index (χ0n) is 35.3. The maximum atomic E-state index is 12.4. The first-order valence-corrected chi connectivity index (χ1v) is 23.2. The second-order valence-corrected chi connectivity index (χ2v) is 16.1. The number of aliphatic hydroxyl groups is 4. The van der Waals surface area contributed by atoms with Crippen LogP contribution in [0.4, 0.5) is 0 Å². The lowest BCUT2D eigenvalue weighted by atomic mass is 9.99. The standard InChI is InChI=1S/C47H91NO5/c1-3-5-7-9-11-13-15-17-18-19-20-21-22-23-24-25-26-27-28-29-31-32-34-36-38-40-44(50)46(52)43(42-49)48-47(53)45(51)41-39-37-35-33-30-16-14-12-10-8-6-4-2/h30,33,37,39,43-46,49-52H,3-29,31-32,34-36,38,40-42H2,1-2H3,(H,48,53)/b33-30-,39-37-. The Morgan fingerprint density at radius 1 is 0.491 bits per heavy atom. The normalized spacial score (nSPS) is 14.3.